The van der Waals surface area contributed by atoms with Crippen molar-refractivity contribution in [1.82, 2.24) is 0 Å². The molecule has 0 aliphatic carbocycles. The Hall–Kier alpha value is -1.17. The monoisotopic (exact) mass is 300 g/mol. The average molecular weight is 300 g/mol. The second-order valence-electron chi connectivity index (χ2n) is 5.97. The Balaban J connectivity index is 2.08. The molecule has 0 radical (unpaired) electrons. The zero-order valence-corrected chi connectivity index (χ0v) is 14.2. The molecule has 0 saturated heterocycles. The van der Waals surface area contributed by atoms with E-state index >= 15 is 0 Å². The summed E-state index contributed by atoms with van der Waals surface area (Å²) in [5, 5.41) is 0. The molecular formula is C19H25OP. The number of hydrogen-bond acceptors (Lipinski definition) is 1. The van der Waals surface area contributed by atoms with Gasteiger partial charge in [0.2, 0.25) is 0 Å². The lowest BCUT2D eigenvalue weighted by molar-refractivity contribution is 0.363. The van der Waals surface area contributed by atoms with Crippen molar-refractivity contribution in [3.8, 4) is 11.1 Å². The second kappa shape index (κ2) is 8.32. The molecule has 112 valence electrons. The third kappa shape index (κ3) is 5.26. The number of hydrogen-bond donors (Lipinski definition) is 0. The largest absolute Gasteiger partial charge is 0.366 e. The Morgan fingerprint density at radius 1 is 0.952 bits per heavy atom. The molecule has 0 heterocycles. The van der Waals surface area contributed by atoms with Crippen LogP contribution < -0.4 is 0 Å². The van der Waals surface area contributed by atoms with Gasteiger partial charge >= 0.3 is 0 Å². The molecule has 1 nitrogen and oxygen atoms in total. The second-order valence-corrected chi connectivity index (χ2v) is 6.30. The van der Waals surface area contributed by atoms with Gasteiger partial charge in [0.1, 0.15) is 0 Å². The molecule has 2 rings (SSSR count). The van der Waals surface area contributed by atoms with Crippen molar-refractivity contribution in [3.63, 3.8) is 0 Å². The number of rotatable bonds is 7. The first-order chi connectivity index (χ1) is 10.2. The van der Waals surface area contributed by atoms with Gasteiger partial charge in [-0.3, -0.25) is 0 Å². The highest BCUT2D eigenvalue weighted by atomic mass is 31.0. The molecule has 0 aromatic heterocycles. The van der Waals surface area contributed by atoms with Crippen LogP contribution in [0.25, 0.3) is 11.1 Å². The zero-order chi connectivity index (χ0) is 15.1. The van der Waals surface area contributed by atoms with Crippen molar-refractivity contribution in [3.05, 3.63) is 59.7 Å². The molecule has 0 fully saturated rings. The highest BCUT2D eigenvalue weighted by Crippen LogP contribution is 2.22. The maximum absolute atomic E-state index is 5.04. The fraction of sp³-hybridized carbons (Fsp3) is 0.368. The van der Waals surface area contributed by atoms with Crippen LogP contribution in [0.5, 0.6) is 0 Å². The van der Waals surface area contributed by atoms with Crippen molar-refractivity contribution in [2.45, 2.75) is 33.1 Å². The Bertz CT molecular complexity index is 546. The van der Waals surface area contributed by atoms with Gasteiger partial charge in [0.05, 0.1) is 6.61 Å². The van der Waals surface area contributed by atoms with Gasteiger partial charge in [0.25, 0.3) is 0 Å². The summed E-state index contributed by atoms with van der Waals surface area (Å²) in [5.74, 6) is 0.707. The van der Waals surface area contributed by atoms with E-state index in [2.05, 4.69) is 71.8 Å². The van der Waals surface area contributed by atoms with Crippen molar-refractivity contribution in [2.75, 3.05) is 6.61 Å². The van der Waals surface area contributed by atoms with Crippen LogP contribution in [0.2, 0.25) is 0 Å². The Labute approximate surface area is 131 Å². The van der Waals surface area contributed by atoms with E-state index in [1.165, 1.54) is 22.3 Å². The first-order valence-electron chi connectivity index (χ1n) is 7.69. The summed E-state index contributed by atoms with van der Waals surface area (Å²) >= 11 is 0. The molecule has 0 saturated carbocycles. The minimum Gasteiger partial charge on any atom is -0.366 e. The van der Waals surface area contributed by atoms with Crippen molar-refractivity contribution >= 4 is 9.47 Å². The van der Waals surface area contributed by atoms with Crippen LogP contribution in [0.15, 0.2) is 48.5 Å². The highest BCUT2D eigenvalue weighted by molar-refractivity contribution is 7.09. The topological polar surface area (TPSA) is 9.23 Å². The van der Waals surface area contributed by atoms with Crippen LogP contribution in [0.3, 0.4) is 0 Å². The molecule has 1 unspecified atom stereocenters. The van der Waals surface area contributed by atoms with E-state index in [0.717, 1.165) is 25.9 Å². The van der Waals surface area contributed by atoms with Crippen LogP contribution in [-0.4, -0.2) is 6.61 Å². The fourth-order valence-electron chi connectivity index (χ4n) is 2.57. The van der Waals surface area contributed by atoms with E-state index in [1.807, 2.05) is 0 Å². The van der Waals surface area contributed by atoms with Crippen molar-refractivity contribution in [2.24, 2.45) is 5.92 Å². The molecule has 0 bridgehead atoms. The average Bonchev–Trinajstić information content (AvgIpc) is 2.48. The van der Waals surface area contributed by atoms with Crippen LogP contribution in [0.1, 0.15) is 31.4 Å². The van der Waals surface area contributed by atoms with Crippen LogP contribution in [-0.2, 0) is 17.4 Å². The predicted molar refractivity (Wildman–Crippen MR) is 94.4 cm³/mol. The normalized spacial score (nSPS) is 11.0. The van der Waals surface area contributed by atoms with E-state index < -0.39 is 0 Å². The SMILES string of the molecule is CC(C)Cc1ccc(-c2cccc(CCCOP)c2)cc1. The lowest BCUT2D eigenvalue weighted by Crippen LogP contribution is -1.93. The molecule has 0 aliphatic heterocycles. The first-order valence-corrected chi connectivity index (χ1v) is 8.16. The predicted octanol–water partition coefficient (Wildman–Crippen LogP) is 5.29. The van der Waals surface area contributed by atoms with E-state index in [4.69, 9.17) is 4.52 Å². The van der Waals surface area contributed by atoms with E-state index in [0.29, 0.717) is 5.92 Å². The van der Waals surface area contributed by atoms with Gasteiger partial charge in [-0.2, -0.15) is 0 Å². The summed E-state index contributed by atoms with van der Waals surface area (Å²) in [6, 6.07) is 17.8. The maximum atomic E-state index is 5.04. The van der Waals surface area contributed by atoms with E-state index in [1.54, 1.807) is 0 Å². The lowest BCUT2D eigenvalue weighted by atomic mass is 9.97. The third-order valence-electron chi connectivity index (χ3n) is 3.59. The summed E-state index contributed by atoms with van der Waals surface area (Å²) in [4.78, 5) is 0. The molecule has 1 atom stereocenters. The summed E-state index contributed by atoms with van der Waals surface area (Å²) in [6.07, 6.45) is 3.27. The van der Waals surface area contributed by atoms with Gasteiger partial charge in [0.15, 0.2) is 0 Å². The van der Waals surface area contributed by atoms with Gasteiger partial charge < -0.3 is 4.52 Å². The molecule has 0 aliphatic rings. The Kier molecular flexibility index (Phi) is 6.42. The number of aryl methyl sites for hydroxylation is 1. The third-order valence-corrected chi connectivity index (χ3v) is 3.82. The summed E-state index contributed by atoms with van der Waals surface area (Å²) in [5.41, 5.74) is 5.39. The molecule has 0 amide bonds. The summed E-state index contributed by atoms with van der Waals surface area (Å²) < 4.78 is 5.04. The quantitative estimate of drug-likeness (QED) is 0.498. The van der Waals surface area contributed by atoms with Gasteiger partial charge in [-0.25, -0.2) is 0 Å². The zero-order valence-electron chi connectivity index (χ0n) is 13.0. The highest BCUT2D eigenvalue weighted by Gasteiger charge is 2.02. The molecule has 21 heavy (non-hydrogen) atoms. The summed E-state index contributed by atoms with van der Waals surface area (Å²) in [6.45, 7) is 5.31. The summed E-state index contributed by atoms with van der Waals surface area (Å²) in [7, 11) is 2.31. The Morgan fingerprint density at radius 3 is 2.38 bits per heavy atom. The maximum Gasteiger partial charge on any atom is 0.0505 e. The minimum atomic E-state index is 0.707. The molecule has 2 heteroatoms. The van der Waals surface area contributed by atoms with Gasteiger partial charge in [-0.15, -0.1) is 0 Å². The van der Waals surface area contributed by atoms with E-state index in [9.17, 15) is 0 Å². The standard InChI is InChI=1S/C19H25OP/c1-15(2)13-17-8-10-18(11-9-17)19-7-3-5-16(14-19)6-4-12-20-21/h3,5,7-11,14-15H,4,6,12-13,21H2,1-2H3. The van der Waals surface area contributed by atoms with Crippen molar-refractivity contribution < 1.29 is 4.52 Å². The van der Waals surface area contributed by atoms with Crippen LogP contribution in [0, 0.1) is 5.92 Å². The molecule has 2 aromatic carbocycles. The van der Waals surface area contributed by atoms with Gasteiger partial charge in [-0.05, 0) is 47.4 Å². The van der Waals surface area contributed by atoms with E-state index in [-0.39, 0.29) is 0 Å². The van der Waals surface area contributed by atoms with Gasteiger partial charge in [0, 0.05) is 9.47 Å². The fourth-order valence-corrected chi connectivity index (χ4v) is 2.74. The molecule has 0 spiro atoms. The number of benzene rings is 2. The smallest absolute Gasteiger partial charge is 0.0505 e. The molecule has 2 aromatic rings. The first kappa shape index (κ1) is 16.2. The van der Waals surface area contributed by atoms with Crippen LogP contribution in [0.4, 0.5) is 0 Å². The lowest BCUT2D eigenvalue weighted by Gasteiger charge is -2.08. The molecular weight excluding hydrogens is 275 g/mol. The van der Waals surface area contributed by atoms with Crippen molar-refractivity contribution in [1.29, 1.82) is 0 Å². The minimum absolute atomic E-state index is 0.707. The molecule has 0 N–H and O–H groups in total. The van der Waals surface area contributed by atoms with Gasteiger partial charge in [-0.1, -0.05) is 62.4 Å². The van der Waals surface area contributed by atoms with Crippen LogP contribution >= 0.6 is 9.47 Å². The Morgan fingerprint density at radius 2 is 1.71 bits per heavy atom.